The maximum atomic E-state index is 6.14. The number of aryl methyl sites for hydroxylation is 2. The van der Waals surface area contributed by atoms with Crippen LogP contribution in [0.5, 0.6) is 5.75 Å². The van der Waals surface area contributed by atoms with Gasteiger partial charge in [-0.15, -0.1) is 0 Å². The third-order valence-electron chi connectivity index (χ3n) is 5.82. The summed E-state index contributed by atoms with van der Waals surface area (Å²) in [7, 11) is 0. The molecule has 0 fully saturated rings. The fraction of sp³-hybridized carbons (Fsp3) is 0.179. The molecule has 1 aromatic heterocycles. The molecule has 0 saturated heterocycles. The summed E-state index contributed by atoms with van der Waals surface area (Å²) < 4.78 is 8.49. The van der Waals surface area contributed by atoms with Gasteiger partial charge in [0.2, 0.25) is 0 Å². The first kappa shape index (κ1) is 19.4. The number of hydrogen-bond acceptors (Lipinski definition) is 2. The smallest absolute Gasteiger partial charge is 0.141 e. The molecule has 0 aliphatic heterocycles. The van der Waals surface area contributed by atoms with E-state index in [1.165, 1.54) is 27.4 Å². The molecule has 0 spiro atoms. The Balaban J connectivity index is 1.31. The summed E-state index contributed by atoms with van der Waals surface area (Å²) in [5, 5.41) is 2.39. The molecule has 0 bridgehead atoms. The van der Waals surface area contributed by atoms with Gasteiger partial charge in [0.05, 0.1) is 17.6 Å². The van der Waals surface area contributed by atoms with Gasteiger partial charge in [-0.25, -0.2) is 4.98 Å². The van der Waals surface area contributed by atoms with Crippen LogP contribution in [0.3, 0.4) is 0 Å². The van der Waals surface area contributed by atoms with Gasteiger partial charge in [0.1, 0.15) is 11.6 Å². The molecular weight excluding hydrogens is 380 g/mol. The molecule has 0 saturated carbocycles. The maximum absolute atomic E-state index is 6.14. The maximum Gasteiger partial charge on any atom is 0.141 e. The summed E-state index contributed by atoms with van der Waals surface area (Å²) in [6, 6.07) is 31.5. The zero-order chi connectivity index (χ0) is 21.0. The largest absolute Gasteiger partial charge is 0.493 e. The second kappa shape index (κ2) is 8.65. The fourth-order valence-electron chi connectivity index (χ4n) is 4.21. The molecule has 1 heterocycles. The van der Waals surface area contributed by atoms with Gasteiger partial charge in [0.15, 0.2) is 0 Å². The van der Waals surface area contributed by atoms with Crippen molar-refractivity contribution >= 4 is 21.8 Å². The summed E-state index contributed by atoms with van der Waals surface area (Å²) in [5.41, 5.74) is 4.69. The number of nitrogens with zero attached hydrogens (tertiary/aromatic N) is 2. The van der Waals surface area contributed by atoms with Crippen LogP contribution in [0.2, 0.25) is 0 Å². The third kappa shape index (κ3) is 3.91. The van der Waals surface area contributed by atoms with E-state index in [1.807, 2.05) is 0 Å². The van der Waals surface area contributed by atoms with Crippen molar-refractivity contribution in [2.24, 2.45) is 0 Å². The van der Waals surface area contributed by atoms with Crippen molar-refractivity contribution < 1.29 is 4.74 Å². The molecular formula is C28H26N2O. The normalized spacial score (nSPS) is 11.3. The number of ether oxygens (including phenoxy) is 1. The lowest BCUT2D eigenvalue weighted by Crippen LogP contribution is -2.04. The predicted molar refractivity (Wildman–Crippen MR) is 129 cm³/mol. The molecule has 4 aromatic carbocycles. The zero-order valence-corrected chi connectivity index (χ0v) is 17.8. The monoisotopic (exact) mass is 406 g/mol. The van der Waals surface area contributed by atoms with E-state index in [4.69, 9.17) is 9.72 Å². The number of aromatic nitrogens is 2. The van der Waals surface area contributed by atoms with Crippen molar-refractivity contribution in [3.05, 3.63) is 96.6 Å². The van der Waals surface area contributed by atoms with Crippen molar-refractivity contribution in [2.75, 3.05) is 6.61 Å². The first-order chi connectivity index (χ1) is 15.3. The Morgan fingerprint density at radius 1 is 0.774 bits per heavy atom. The quantitative estimate of drug-likeness (QED) is 0.271. The van der Waals surface area contributed by atoms with Crippen LogP contribution in [0, 0.1) is 6.92 Å². The highest BCUT2D eigenvalue weighted by molar-refractivity contribution is 5.88. The number of imidazole rings is 1. The van der Waals surface area contributed by atoms with Gasteiger partial charge in [-0.2, -0.15) is 0 Å². The van der Waals surface area contributed by atoms with Crippen LogP contribution in [-0.2, 0) is 6.54 Å². The van der Waals surface area contributed by atoms with Crippen molar-refractivity contribution in [1.82, 2.24) is 9.55 Å². The zero-order valence-electron chi connectivity index (χ0n) is 17.8. The number of para-hydroxylation sites is 2. The van der Waals surface area contributed by atoms with Crippen LogP contribution in [-0.4, -0.2) is 16.2 Å². The van der Waals surface area contributed by atoms with E-state index in [0.717, 1.165) is 36.5 Å². The van der Waals surface area contributed by atoms with Crippen LogP contribution in [0.15, 0.2) is 91.0 Å². The van der Waals surface area contributed by atoms with Crippen LogP contribution in [0.1, 0.15) is 18.4 Å². The minimum absolute atomic E-state index is 0.709. The summed E-state index contributed by atoms with van der Waals surface area (Å²) in [6.07, 6.45) is 2.02. The molecule has 0 amide bonds. The van der Waals surface area contributed by atoms with Gasteiger partial charge in [-0.05, 0) is 48.9 Å². The van der Waals surface area contributed by atoms with Crippen LogP contribution < -0.4 is 4.74 Å². The van der Waals surface area contributed by atoms with E-state index in [-0.39, 0.29) is 0 Å². The van der Waals surface area contributed by atoms with Crippen LogP contribution in [0.25, 0.3) is 33.2 Å². The molecule has 5 rings (SSSR count). The van der Waals surface area contributed by atoms with Gasteiger partial charge in [-0.3, -0.25) is 0 Å². The summed E-state index contributed by atoms with van der Waals surface area (Å²) in [6.45, 7) is 3.78. The standard InChI is InChI=1S/C28H26N2O/c1-21-11-2-4-14-23(21)28-29-25-16-6-7-17-26(25)30(28)19-8-9-20-31-27-18-10-13-22-12-3-5-15-24(22)27/h2-7,10-18H,8-9,19-20H2,1H3. The summed E-state index contributed by atoms with van der Waals surface area (Å²) >= 11 is 0. The summed E-state index contributed by atoms with van der Waals surface area (Å²) in [4.78, 5) is 4.96. The Morgan fingerprint density at radius 2 is 1.55 bits per heavy atom. The SMILES string of the molecule is Cc1ccccc1-c1nc2ccccc2n1CCCCOc1cccc2ccccc12. The molecule has 5 aromatic rings. The average molecular weight is 407 g/mol. The van der Waals surface area contributed by atoms with E-state index in [0.29, 0.717) is 6.61 Å². The van der Waals surface area contributed by atoms with Gasteiger partial charge < -0.3 is 9.30 Å². The minimum atomic E-state index is 0.709. The second-order valence-corrected chi connectivity index (χ2v) is 7.92. The Labute approximate surface area is 182 Å². The molecule has 0 N–H and O–H groups in total. The Kier molecular flexibility index (Phi) is 5.40. The highest BCUT2D eigenvalue weighted by Crippen LogP contribution is 2.28. The lowest BCUT2D eigenvalue weighted by atomic mass is 10.1. The molecule has 0 aliphatic rings. The van der Waals surface area contributed by atoms with Crippen molar-refractivity contribution in [1.29, 1.82) is 0 Å². The number of unbranched alkanes of at least 4 members (excludes halogenated alkanes) is 1. The lowest BCUT2D eigenvalue weighted by molar-refractivity contribution is 0.307. The van der Waals surface area contributed by atoms with Crippen molar-refractivity contribution in [3.8, 4) is 17.1 Å². The fourth-order valence-corrected chi connectivity index (χ4v) is 4.21. The van der Waals surface area contributed by atoms with Crippen molar-refractivity contribution in [2.45, 2.75) is 26.3 Å². The molecule has 31 heavy (non-hydrogen) atoms. The van der Waals surface area contributed by atoms with Gasteiger partial charge in [0, 0.05) is 17.5 Å². The van der Waals surface area contributed by atoms with E-state index in [9.17, 15) is 0 Å². The Morgan fingerprint density at radius 3 is 2.48 bits per heavy atom. The number of rotatable bonds is 7. The third-order valence-corrected chi connectivity index (χ3v) is 5.82. The molecule has 3 heteroatoms. The number of benzene rings is 4. The van der Waals surface area contributed by atoms with Gasteiger partial charge in [-0.1, -0.05) is 72.8 Å². The second-order valence-electron chi connectivity index (χ2n) is 7.92. The van der Waals surface area contributed by atoms with Gasteiger partial charge >= 0.3 is 0 Å². The van der Waals surface area contributed by atoms with E-state index in [2.05, 4.69) is 102 Å². The molecule has 0 radical (unpaired) electrons. The molecule has 154 valence electrons. The van der Waals surface area contributed by atoms with Crippen molar-refractivity contribution in [3.63, 3.8) is 0 Å². The number of fused-ring (bicyclic) bond motifs is 2. The predicted octanol–water partition coefficient (Wildman–Crippen LogP) is 7.02. The first-order valence-electron chi connectivity index (χ1n) is 10.9. The van der Waals surface area contributed by atoms with Crippen LogP contribution >= 0.6 is 0 Å². The highest BCUT2D eigenvalue weighted by atomic mass is 16.5. The lowest BCUT2D eigenvalue weighted by Gasteiger charge is -2.12. The first-order valence-corrected chi connectivity index (χ1v) is 10.9. The highest BCUT2D eigenvalue weighted by Gasteiger charge is 2.13. The Hall–Kier alpha value is -3.59. The average Bonchev–Trinajstić information content (AvgIpc) is 3.17. The molecule has 0 atom stereocenters. The minimum Gasteiger partial charge on any atom is -0.493 e. The van der Waals surface area contributed by atoms with E-state index < -0.39 is 0 Å². The van der Waals surface area contributed by atoms with E-state index >= 15 is 0 Å². The molecule has 3 nitrogen and oxygen atoms in total. The Bertz CT molecular complexity index is 1330. The number of hydrogen-bond donors (Lipinski definition) is 0. The van der Waals surface area contributed by atoms with Gasteiger partial charge in [0.25, 0.3) is 0 Å². The molecule has 0 aliphatic carbocycles. The van der Waals surface area contributed by atoms with E-state index in [1.54, 1.807) is 0 Å². The topological polar surface area (TPSA) is 27.1 Å². The summed E-state index contributed by atoms with van der Waals surface area (Å²) in [5.74, 6) is 2.01. The van der Waals surface area contributed by atoms with Crippen LogP contribution in [0.4, 0.5) is 0 Å². The molecule has 0 unspecified atom stereocenters.